The lowest BCUT2D eigenvalue weighted by Crippen LogP contribution is -2.28. The van der Waals surface area contributed by atoms with E-state index in [4.69, 9.17) is 0 Å². The Bertz CT molecular complexity index is 785. The highest BCUT2D eigenvalue weighted by atomic mass is 19.1. The molecule has 0 aliphatic rings. The summed E-state index contributed by atoms with van der Waals surface area (Å²) in [5.41, 5.74) is 0.423. The molecule has 0 aliphatic carbocycles. The fraction of sp³-hybridized carbons (Fsp3) is 0.118. The fourth-order valence-electron chi connectivity index (χ4n) is 2.11. The summed E-state index contributed by atoms with van der Waals surface area (Å²) in [6, 6.07) is 12.9. The molecule has 0 bridgehead atoms. The van der Waals surface area contributed by atoms with Crippen molar-refractivity contribution in [3.63, 3.8) is 0 Å². The predicted octanol–water partition coefficient (Wildman–Crippen LogP) is 2.25. The monoisotopic (exact) mass is 325 g/mol. The molecule has 2 heterocycles. The van der Waals surface area contributed by atoms with Gasteiger partial charge in [0.15, 0.2) is 5.82 Å². The van der Waals surface area contributed by atoms with Gasteiger partial charge in [-0.15, -0.1) is 10.2 Å². The van der Waals surface area contributed by atoms with Crippen LogP contribution in [0.3, 0.4) is 0 Å². The Labute approximate surface area is 138 Å². The number of benzene rings is 1. The normalized spacial score (nSPS) is 10.4. The van der Waals surface area contributed by atoms with Crippen molar-refractivity contribution in [2.24, 2.45) is 0 Å². The van der Waals surface area contributed by atoms with Crippen molar-refractivity contribution in [3.05, 3.63) is 72.3 Å². The summed E-state index contributed by atoms with van der Waals surface area (Å²) >= 11 is 0. The topological polar surface area (TPSA) is 71.8 Å². The SMILES string of the molecule is O=C(NCCNc1ccc(-n2cccc2)nn1)c1ccc(F)cc1. The first-order valence-corrected chi connectivity index (χ1v) is 7.47. The predicted molar refractivity (Wildman–Crippen MR) is 88.6 cm³/mol. The van der Waals surface area contributed by atoms with E-state index in [1.165, 1.54) is 24.3 Å². The first kappa shape index (κ1) is 15.7. The van der Waals surface area contributed by atoms with Crippen molar-refractivity contribution in [3.8, 4) is 5.82 Å². The van der Waals surface area contributed by atoms with Crippen LogP contribution in [0.2, 0.25) is 0 Å². The molecule has 1 aromatic carbocycles. The van der Waals surface area contributed by atoms with Crippen molar-refractivity contribution in [1.29, 1.82) is 0 Å². The number of carbonyl (C=O) groups excluding carboxylic acids is 1. The molecular weight excluding hydrogens is 309 g/mol. The maximum absolute atomic E-state index is 12.8. The van der Waals surface area contributed by atoms with Crippen molar-refractivity contribution in [2.45, 2.75) is 0 Å². The van der Waals surface area contributed by atoms with Crippen molar-refractivity contribution >= 4 is 11.7 Å². The van der Waals surface area contributed by atoms with Crippen LogP contribution in [0.15, 0.2) is 60.9 Å². The summed E-state index contributed by atoms with van der Waals surface area (Å²) < 4.78 is 14.7. The second kappa shape index (κ2) is 7.36. The summed E-state index contributed by atoms with van der Waals surface area (Å²) in [4.78, 5) is 11.9. The summed E-state index contributed by atoms with van der Waals surface area (Å²) in [5.74, 6) is 0.748. The summed E-state index contributed by atoms with van der Waals surface area (Å²) in [6.45, 7) is 0.918. The lowest BCUT2D eigenvalue weighted by atomic mass is 10.2. The lowest BCUT2D eigenvalue weighted by molar-refractivity contribution is 0.0955. The number of hydrogen-bond acceptors (Lipinski definition) is 4. The van der Waals surface area contributed by atoms with Gasteiger partial charge in [-0.2, -0.15) is 0 Å². The highest BCUT2D eigenvalue weighted by molar-refractivity contribution is 5.94. The van der Waals surface area contributed by atoms with E-state index in [-0.39, 0.29) is 11.7 Å². The van der Waals surface area contributed by atoms with Gasteiger partial charge in [0.2, 0.25) is 0 Å². The Kier molecular flexibility index (Phi) is 4.81. The van der Waals surface area contributed by atoms with Crippen LogP contribution in [0.5, 0.6) is 0 Å². The van der Waals surface area contributed by atoms with Crippen LogP contribution in [-0.2, 0) is 0 Å². The molecule has 0 saturated carbocycles. The summed E-state index contributed by atoms with van der Waals surface area (Å²) in [7, 11) is 0. The fourth-order valence-corrected chi connectivity index (χ4v) is 2.11. The average Bonchev–Trinajstić information content (AvgIpc) is 3.14. The van der Waals surface area contributed by atoms with Crippen LogP contribution in [0.4, 0.5) is 10.2 Å². The highest BCUT2D eigenvalue weighted by Crippen LogP contribution is 2.06. The molecule has 2 N–H and O–H groups in total. The van der Waals surface area contributed by atoms with Crippen LogP contribution in [0, 0.1) is 5.82 Å². The molecule has 0 unspecified atom stereocenters. The molecule has 122 valence electrons. The van der Waals surface area contributed by atoms with E-state index < -0.39 is 0 Å². The quantitative estimate of drug-likeness (QED) is 0.682. The molecule has 0 radical (unpaired) electrons. The standard InChI is InChI=1S/C17H16FN5O/c18-14-5-3-13(4-6-14)17(24)20-10-9-19-15-7-8-16(22-21-15)23-11-1-2-12-23/h1-8,11-12H,9-10H2,(H,19,21)(H,20,24). The van der Waals surface area contributed by atoms with Gasteiger partial charge in [-0.05, 0) is 48.5 Å². The van der Waals surface area contributed by atoms with Crippen molar-refractivity contribution < 1.29 is 9.18 Å². The number of anilines is 1. The first-order chi connectivity index (χ1) is 11.7. The third kappa shape index (κ3) is 3.95. The largest absolute Gasteiger partial charge is 0.367 e. The van der Waals surface area contributed by atoms with E-state index in [9.17, 15) is 9.18 Å². The molecule has 0 atom stereocenters. The number of halogens is 1. The number of nitrogens with zero attached hydrogens (tertiary/aromatic N) is 3. The minimum atomic E-state index is -0.366. The zero-order chi connectivity index (χ0) is 16.8. The summed E-state index contributed by atoms with van der Waals surface area (Å²) in [6.07, 6.45) is 3.78. The smallest absolute Gasteiger partial charge is 0.251 e. The number of rotatable bonds is 6. The maximum atomic E-state index is 12.8. The molecule has 0 spiro atoms. The van der Waals surface area contributed by atoms with Gasteiger partial charge < -0.3 is 15.2 Å². The zero-order valence-corrected chi connectivity index (χ0v) is 12.8. The number of hydrogen-bond donors (Lipinski definition) is 2. The van der Waals surface area contributed by atoms with Crippen molar-refractivity contribution in [2.75, 3.05) is 18.4 Å². The Morgan fingerprint density at radius 3 is 2.42 bits per heavy atom. The van der Waals surface area contributed by atoms with E-state index in [2.05, 4.69) is 20.8 Å². The van der Waals surface area contributed by atoms with E-state index in [1.54, 1.807) is 0 Å². The zero-order valence-electron chi connectivity index (χ0n) is 12.8. The Morgan fingerprint density at radius 2 is 1.75 bits per heavy atom. The molecule has 1 amide bonds. The van der Waals surface area contributed by atoms with Crippen LogP contribution >= 0.6 is 0 Å². The van der Waals surface area contributed by atoms with Gasteiger partial charge in [0.1, 0.15) is 11.6 Å². The number of carbonyl (C=O) groups is 1. The minimum absolute atomic E-state index is 0.245. The van der Waals surface area contributed by atoms with Gasteiger partial charge in [0.05, 0.1) is 0 Å². The molecule has 24 heavy (non-hydrogen) atoms. The summed E-state index contributed by atoms with van der Waals surface area (Å²) in [5, 5.41) is 14.0. The van der Waals surface area contributed by atoms with Crippen LogP contribution in [-0.4, -0.2) is 33.8 Å². The van der Waals surface area contributed by atoms with E-state index in [1.807, 2.05) is 41.2 Å². The Balaban J connectivity index is 1.45. The number of amides is 1. The van der Waals surface area contributed by atoms with E-state index in [0.717, 1.165) is 5.82 Å². The van der Waals surface area contributed by atoms with Gasteiger partial charge in [-0.3, -0.25) is 4.79 Å². The van der Waals surface area contributed by atoms with E-state index in [0.29, 0.717) is 24.5 Å². The maximum Gasteiger partial charge on any atom is 0.251 e. The molecule has 0 saturated heterocycles. The van der Waals surface area contributed by atoms with Crippen LogP contribution in [0.25, 0.3) is 5.82 Å². The van der Waals surface area contributed by atoms with Gasteiger partial charge in [0.25, 0.3) is 5.91 Å². The van der Waals surface area contributed by atoms with Crippen LogP contribution in [0.1, 0.15) is 10.4 Å². The lowest BCUT2D eigenvalue weighted by Gasteiger charge is -2.08. The number of aromatic nitrogens is 3. The van der Waals surface area contributed by atoms with Crippen LogP contribution < -0.4 is 10.6 Å². The Morgan fingerprint density at radius 1 is 1.00 bits per heavy atom. The molecule has 0 fully saturated rings. The second-order valence-corrected chi connectivity index (χ2v) is 5.06. The highest BCUT2D eigenvalue weighted by Gasteiger charge is 2.04. The van der Waals surface area contributed by atoms with Crippen molar-refractivity contribution in [1.82, 2.24) is 20.1 Å². The van der Waals surface area contributed by atoms with E-state index >= 15 is 0 Å². The first-order valence-electron chi connectivity index (χ1n) is 7.47. The average molecular weight is 325 g/mol. The second-order valence-electron chi connectivity index (χ2n) is 5.06. The molecule has 0 aliphatic heterocycles. The van der Waals surface area contributed by atoms with Gasteiger partial charge in [-0.25, -0.2) is 4.39 Å². The molecule has 7 heteroatoms. The third-order valence-electron chi connectivity index (χ3n) is 3.34. The molecule has 2 aromatic heterocycles. The number of nitrogens with one attached hydrogen (secondary N) is 2. The minimum Gasteiger partial charge on any atom is -0.367 e. The van der Waals surface area contributed by atoms with Gasteiger partial charge in [0, 0.05) is 31.0 Å². The molecule has 3 rings (SSSR count). The molecule has 3 aromatic rings. The van der Waals surface area contributed by atoms with Gasteiger partial charge in [-0.1, -0.05) is 0 Å². The molecule has 6 nitrogen and oxygen atoms in total. The molecular formula is C17H16FN5O. The Hall–Kier alpha value is -3.22. The van der Waals surface area contributed by atoms with Gasteiger partial charge >= 0.3 is 0 Å². The third-order valence-corrected chi connectivity index (χ3v) is 3.34.